The molecule has 5 rings (SSSR count). The summed E-state index contributed by atoms with van der Waals surface area (Å²) in [4.78, 5) is 12.9. The highest BCUT2D eigenvalue weighted by molar-refractivity contribution is 7.89. The Balaban J connectivity index is 1.27. The summed E-state index contributed by atoms with van der Waals surface area (Å²) >= 11 is 0. The van der Waals surface area contributed by atoms with Crippen molar-refractivity contribution in [3.63, 3.8) is 0 Å². The molecule has 0 bridgehead atoms. The lowest BCUT2D eigenvalue weighted by molar-refractivity contribution is -0.0716. The van der Waals surface area contributed by atoms with E-state index >= 15 is 0 Å². The van der Waals surface area contributed by atoms with E-state index < -0.39 is 15.8 Å². The number of nitrogens with zero attached hydrogens (tertiary/aromatic N) is 1. The van der Waals surface area contributed by atoms with Crippen LogP contribution in [0.1, 0.15) is 49.9 Å². The lowest BCUT2D eigenvalue weighted by atomic mass is 10.2. The Labute approximate surface area is 193 Å². The molecule has 1 amide bonds. The van der Waals surface area contributed by atoms with E-state index in [-0.39, 0.29) is 23.0 Å². The van der Waals surface area contributed by atoms with Crippen LogP contribution in [-0.4, -0.2) is 49.7 Å². The summed E-state index contributed by atoms with van der Waals surface area (Å²) in [5.41, 5.74) is 0.952. The number of anilines is 1. The number of rotatable bonds is 4. The van der Waals surface area contributed by atoms with E-state index in [0.717, 1.165) is 25.7 Å². The number of benzene rings is 2. The minimum atomic E-state index is -3.66. The zero-order valence-corrected chi connectivity index (χ0v) is 19.6. The molecule has 1 aliphatic carbocycles. The summed E-state index contributed by atoms with van der Waals surface area (Å²) in [7, 11) is -3.66. The van der Waals surface area contributed by atoms with Gasteiger partial charge in [0.15, 0.2) is 11.5 Å². The highest BCUT2D eigenvalue weighted by Gasteiger charge is 2.44. The molecular weight excluding hydrogens is 444 g/mol. The van der Waals surface area contributed by atoms with Gasteiger partial charge in [-0.15, -0.1) is 0 Å². The van der Waals surface area contributed by atoms with Gasteiger partial charge in [-0.3, -0.25) is 4.79 Å². The number of hydrogen-bond acceptors (Lipinski definition) is 6. The molecule has 1 N–H and O–H groups in total. The molecule has 0 unspecified atom stereocenters. The maximum absolute atomic E-state index is 13.0. The summed E-state index contributed by atoms with van der Waals surface area (Å²) in [6, 6.07) is 11.3. The van der Waals surface area contributed by atoms with Crippen molar-refractivity contribution >= 4 is 21.6 Å². The topological polar surface area (TPSA) is 94.2 Å². The number of carbonyl (C=O) groups excluding carboxylic acids is 1. The summed E-state index contributed by atoms with van der Waals surface area (Å²) in [5.74, 6) is 0.436. The van der Waals surface area contributed by atoms with E-state index in [1.54, 1.807) is 18.2 Å². The van der Waals surface area contributed by atoms with Crippen molar-refractivity contribution in [2.45, 2.75) is 62.4 Å². The number of sulfonamides is 1. The van der Waals surface area contributed by atoms with Crippen molar-refractivity contribution in [2.75, 3.05) is 18.4 Å². The molecular formula is C24H28N2O6S. The number of carbonyl (C=O) groups is 1. The van der Waals surface area contributed by atoms with E-state index in [0.29, 0.717) is 35.8 Å². The fraction of sp³-hybridized carbons (Fsp3) is 0.458. The fourth-order valence-corrected chi connectivity index (χ4v) is 6.34. The van der Waals surface area contributed by atoms with Crippen LogP contribution in [0.4, 0.5) is 5.69 Å². The first-order chi connectivity index (χ1) is 15.7. The Morgan fingerprint density at radius 3 is 2.27 bits per heavy atom. The number of ether oxygens (including phenoxy) is 3. The van der Waals surface area contributed by atoms with Crippen LogP contribution in [0.25, 0.3) is 0 Å². The highest BCUT2D eigenvalue weighted by atomic mass is 32.2. The first kappa shape index (κ1) is 22.2. The zero-order chi connectivity index (χ0) is 23.2. The molecule has 1 spiro atoms. The maximum Gasteiger partial charge on any atom is 0.255 e. The van der Waals surface area contributed by atoms with Gasteiger partial charge in [-0.1, -0.05) is 0 Å². The van der Waals surface area contributed by atoms with Gasteiger partial charge in [-0.05, 0) is 63.1 Å². The molecule has 1 saturated carbocycles. The number of nitrogens with one attached hydrogen (secondary N) is 1. The van der Waals surface area contributed by atoms with Crippen LogP contribution in [0.3, 0.4) is 0 Å². The van der Waals surface area contributed by atoms with Crippen molar-refractivity contribution in [3.05, 3.63) is 48.0 Å². The number of morpholine rings is 1. The minimum Gasteiger partial charge on any atom is -0.448 e. The molecule has 3 aliphatic rings. The number of hydrogen-bond donors (Lipinski definition) is 1. The Kier molecular flexibility index (Phi) is 5.58. The molecule has 8 nitrogen and oxygen atoms in total. The van der Waals surface area contributed by atoms with Gasteiger partial charge >= 0.3 is 0 Å². The van der Waals surface area contributed by atoms with Gasteiger partial charge in [0.1, 0.15) is 0 Å². The Bertz CT molecular complexity index is 1150. The predicted molar refractivity (Wildman–Crippen MR) is 122 cm³/mol. The summed E-state index contributed by atoms with van der Waals surface area (Å²) in [6.07, 6.45) is 3.54. The molecule has 2 atom stereocenters. The lowest BCUT2D eigenvalue weighted by Crippen LogP contribution is -2.48. The second-order valence-electron chi connectivity index (χ2n) is 9.04. The molecule has 0 radical (unpaired) electrons. The SMILES string of the molecule is C[C@@H]1CN(S(=O)(=O)c2ccc(C(=O)Nc3ccc4c(c3)OC3(CCCC3)O4)cc2)C[C@@H](C)O1. The Hall–Kier alpha value is -2.62. The van der Waals surface area contributed by atoms with E-state index in [2.05, 4.69) is 5.32 Å². The van der Waals surface area contributed by atoms with Gasteiger partial charge in [0.05, 0.1) is 17.1 Å². The van der Waals surface area contributed by atoms with E-state index in [4.69, 9.17) is 14.2 Å². The smallest absolute Gasteiger partial charge is 0.255 e. The van der Waals surface area contributed by atoms with Crippen molar-refractivity contribution in [3.8, 4) is 11.5 Å². The molecule has 2 fully saturated rings. The van der Waals surface area contributed by atoms with E-state index in [9.17, 15) is 13.2 Å². The van der Waals surface area contributed by atoms with Gasteiger partial charge < -0.3 is 19.5 Å². The molecule has 2 aromatic rings. The Morgan fingerprint density at radius 1 is 0.970 bits per heavy atom. The first-order valence-electron chi connectivity index (χ1n) is 11.3. The largest absolute Gasteiger partial charge is 0.448 e. The molecule has 1 saturated heterocycles. The van der Waals surface area contributed by atoms with Gasteiger partial charge in [-0.25, -0.2) is 8.42 Å². The zero-order valence-electron chi connectivity index (χ0n) is 18.7. The van der Waals surface area contributed by atoms with Gasteiger partial charge in [-0.2, -0.15) is 4.31 Å². The second kappa shape index (κ2) is 8.30. The molecule has 33 heavy (non-hydrogen) atoms. The predicted octanol–water partition coefficient (Wildman–Crippen LogP) is 3.78. The van der Waals surface area contributed by atoms with Crippen LogP contribution in [0.15, 0.2) is 47.4 Å². The first-order valence-corrected chi connectivity index (χ1v) is 12.8. The van der Waals surface area contributed by atoms with Crippen molar-refractivity contribution in [1.82, 2.24) is 4.31 Å². The molecule has 0 aromatic heterocycles. The molecule has 2 aromatic carbocycles. The van der Waals surface area contributed by atoms with Crippen molar-refractivity contribution in [1.29, 1.82) is 0 Å². The van der Waals surface area contributed by atoms with Gasteiger partial charge in [0, 0.05) is 43.2 Å². The van der Waals surface area contributed by atoms with Crippen molar-refractivity contribution < 1.29 is 27.4 Å². The molecule has 2 aliphatic heterocycles. The average Bonchev–Trinajstić information content (AvgIpc) is 3.38. The average molecular weight is 473 g/mol. The van der Waals surface area contributed by atoms with Crippen LogP contribution in [0, 0.1) is 0 Å². The lowest BCUT2D eigenvalue weighted by Gasteiger charge is -2.34. The van der Waals surface area contributed by atoms with Crippen LogP contribution >= 0.6 is 0 Å². The van der Waals surface area contributed by atoms with Crippen LogP contribution in [0.2, 0.25) is 0 Å². The summed E-state index contributed by atoms with van der Waals surface area (Å²) in [6.45, 7) is 4.32. The summed E-state index contributed by atoms with van der Waals surface area (Å²) in [5, 5.41) is 2.85. The third-order valence-corrected chi connectivity index (χ3v) is 8.15. The molecule has 176 valence electrons. The quantitative estimate of drug-likeness (QED) is 0.728. The fourth-order valence-electron chi connectivity index (χ4n) is 4.75. The van der Waals surface area contributed by atoms with Gasteiger partial charge in [0.2, 0.25) is 10.0 Å². The third kappa shape index (κ3) is 4.32. The normalized spacial score (nSPS) is 24.2. The summed E-state index contributed by atoms with van der Waals surface area (Å²) < 4.78 is 45.1. The van der Waals surface area contributed by atoms with E-state index in [1.165, 1.54) is 28.6 Å². The van der Waals surface area contributed by atoms with Crippen LogP contribution < -0.4 is 14.8 Å². The monoisotopic (exact) mass is 472 g/mol. The molecule has 9 heteroatoms. The molecule has 2 heterocycles. The Morgan fingerprint density at radius 2 is 1.61 bits per heavy atom. The maximum atomic E-state index is 13.0. The van der Waals surface area contributed by atoms with Crippen LogP contribution in [-0.2, 0) is 14.8 Å². The third-order valence-electron chi connectivity index (χ3n) is 6.30. The van der Waals surface area contributed by atoms with Gasteiger partial charge in [0.25, 0.3) is 11.7 Å². The van der Waals surface area contributed by atoms with E-state index in [1.807, 2.05) is 13.8 Å². The van der Waals surface area contributed by atoms with Crippen LogP contribution in [0.5, 0.6) is 11.5 Å². The number of amides is 1. The number of fused-ring (bicyclic) bond motifs is 1. The highest BCUT2D eigenvalue weighted by Crippen LogP contribution is 2.47. The standard InChI is InChI=1S/C24H28N2O6S/c1-16-14-26(15-17(2)30-16)33(28,29)20-8-5-18(6-9-20)23(27)25-19-7-10-21-22(13-19)32-24(31-21)11-3-4-12-24/h5-10,13,16-17H,3-4,11-12,14-15H2,1-2H3,(H,25,27)/t16-,17-/m1/s1. The minimum absolute atomic E-state index is 0.158. The second-order valence-corrected chi connectivity index (χ2v) is 11.0. The van der Waals surface area contributed by atoms with Crippen molar-refractivity contribution in [2.24, 2.45) is 0 Å².